The van der Waals surface area contributed by atoms with Crippen molar-refractivity contribution in [2.75, 3.05) is 13.7 Å². The lowest BCUT2D eigenvalue weighted by Gasteiger charge is -2.14. The Morgan fingerprint density at radius 3 is 3.12 bits per heavy atom. The van der Waals surface area contributed by atoms with Crippen molar-refractivity contribution in [1.29, 1.82) is 0 Å². The second-order valence-electron chi connectivity index (χ2n) is 5.86. The summed E-state index contributed by atoms with van der Waals surface area (Å²) in [5, 5.41) is 11.3. The van der Waals surface area contributed by atoms with E-state index in [9.17, 15) is 4.79 Å². The fraction of sp³-hybridized carbons (Fsp3) is 0.471. The van der Waals surface area contributed by atoms with E-state index in [-0.39, 0.29) is 18.6 Å². The molecule has 0 saturated heterocycles. The first-order chi connectivity index (χ1) is 11.7. The van der Waals surface area contributed by atoms with Crippen LogP contribution in [0.25, 0.3) is 0 Å². The Labute approximate surface area is 141 Å². The van der Waals surface area contributed by atoms with Crippen LogP contribution >= 0.6 is 0 Å². The van der Waals surface area contributed by atoms with Crippen molar-refractivity contribution in [3.05, 3.63) is 41.5 Å². The van der Waals surface area contributed by atoms with Crippen LogP contribution in [0.15, 0.2) is 24.3 Å². The second kappa shape index (κ2) is 7.44. The summed E-state index contributed by atoms with van der Waals surface area (Å²) in [4.78, 5) is 12.0. The summed E-state index contributed by atoms with van der Waals surface area (Å²) in [7, 11) is 1.62. The van der Waals surface area contributed by atoms with E-state index in [0.29, 0.717) is 6.61 Å². The smallest absolute Gasteiger partial charge is 0.246 e. The van der Waals surface area contributed by atoms with Crippen LogP contribution in [0.4, 0.5) is 0 Å². The maximum Gasteiger partial charge on any atom is 0.246 e. The molecule has 2 heterocycles. The predicted molar refractivity (Wildman–Crippen MR) is 87.6 cm³/mol. The van der Waals surface area contributed by atoms with Gasteiger partial charge >= 0.3 is 0 Å². The van der Waals surface area contributed by atoms with Gasteiger partial charge < -0.3 is 19.4 Å². The fourth-order valence-electron chi connectivity index (χ4n) is 2.86. The highest BCUT2D eigenvalue weighted by molar-refractivity contribution is 5.77. The van der Waals surface area contributed by atoms with Gasteiger partial charge in [0.1, 0.15) is 18.2 Å². The summed E-state index contributed by atoms with van der Waals surface area (Å²) >= 11 is 0. The number of carbonyl (C=O) groups excluding carboxylic acids is 1. The van der Waals surface area contributed by atoms with Crippen LogP contribution in [0.1, 0.15) is 36.6 Å². The summed E-state index contributed by atoms with van der Waals surface area (Å²) in [5.74, 6) is 2.42. The Balaban J connectivity index is 1.47. The normalized spacial score (nSPS) is 14.2. The van der Waals surface area contributed by atoms with Gasteiger partial charge in [-0.3, -0.25) is 4.79 Å². The molecule has 0 spiro atoms. The van der Waals surface area contributed by atoms with E-state index in [0.717, 1.165) is 42.3 Å². The molecular weight excluding hydrogens is 308 g/mol. The molecule has 7 nitrogen and oxygen atoms in total. The molecule has 1 atom stereocenters. The van der Waals surface area contributed by atoms with E-state index in [1.807, 2.05) is 31.2 Å². The summed E-state index contributed by atoms with van der Waals surface area (Å²) in [6.07, 6.45) is 2.04. The molecule has 0 radical (unpaired) electrons. The molecule has 3 rings (SSSR count). The molecule has 1 N–H and O–H groups in total. The second-order valence-corrected chi connectivity index (χ2v) is 5.86. The molecule has 0 unspecified atom stereocenters. The van der Waals surface area contributed by atoms with Crippen molar-refractivity contribution in [2.24, 2.45) is 0 Å². The number of methoxy groups -OCH3 is 1. The van der Waals surface area contributed by atoms with Crippen molar-refractivity contribution >= 4 is 5.91 Å². The lowest BCUT2D eigenvalue weighted by atomic mass is 10.2. The van der Waals surface area contributed by atoms with Gasteiger partial charge in [-0.15, -0.1) is 10.2 Å². The summed E-state index contributed by atoms with van der Waals surface area (Å²) < 4.78 is 12.7. The van der Waals surface area contributed by atoms with Gasteiger partial charge in [0.15, 0.2) is 5.82 Å². The maximum absolute atomic E-state index is 12.0. The van der Waals surface area contributed by atoms with Crippen LogP contribution in [0.2, 0.25) is 0 Å². The first-order valence-corrected chi connectivity index (χ1v) is 8.09. The minimum atomic E-state index is -0.183. The van der Waals surface area contributed by atoms with Gasteiger partial charge in [-0.05, 0) is 31.0 Å². The molecule has 24 heavy (non-hydrogen) atoms. The van der Waals surface area contributed by atoms with Crippen LogP contribution in [-0.4, -0.2) is 34.4 Å². The van der Waals surface area contributed by atoms with Gasteiger partial charge in [-0.2, -0.15) is 0 Å². The summed E-state index contributed by atoms with van der Waals surface area (Å²) in [6.45, 7) is 3.20. The highest BCUT2D eigenvalue weighted by Gasteiger charge is 2.22. The molecule has 2 aromatic rings. The molecule has 1 aromatic carbocycles. The molecule has 1 amide bonds. The molecule has 1 aliphatic heterocycles. The Kier molecular flexibility index (Phi) is 5.10. The Bertz CT molecular complexity index is 714. The van der Waals surface area contributed by atoms with Crippen molar-refractivity contribution < 1.29 is 14.3 Å². The van der Waals surface area contributed by atoms with E-state index >= 15 is 0 Å². The zero-order valence-corrected chi connectivity index (χ0v) is 14.0. The number of hydrogen-bond donors (Lipinski definition) is 1. The fourth-order valence-corrected chi connectivity index (χ4v) is 2.86. The number of aromatic nitrogens is 3. The average molecular weight is 330 g/mol. The van der Waals surface area contributed by atoms with Gasteiger partial charge in [-0.1, -0.05) is 12.1 Å². The Morgan fingerprint density at radius 2 is 2.29 bits per heavy atom. The first kappa shape index (κ1) is 16.4. The third-order valence-corrected chi connectivity index (χ3v) is 4.04. The third-order valence-electron chi connectivity index (χ3n) is 4.04. The number of amides is 1. The summed E-state index contributed by atoms with van der Waals surface area (Å²) in [6, 6.07) is 7.40. The number of rotatable bonds is 7. The highest BCUT2D eigenvalue weighted by atomic mass is 16.5. The number of hydrogen-bond acceptors (Lipinski definition) is 5. The van der Waals surface area contributed by atoms with Crippen molar-refractivity contribution in [3.63, 3.8) is 0 Å². The Morgan fingerprint density at radius 1 is 1.42 bits per heavy atom. The van der Waals surface area contributed by atoms with E-state index in [4.69, 9.17) is 9.47 Å². The van der Waals surface area contributed by atoms with Crippen LogP contribution in [-0.2, 0) is 29.1 Å². The highest BCUT2D eigenvalue weighted by Crippen LogP contribution is 2.18. The van der Waals surface area contributed by atoms with E-state index in [1.54, 1.807) is 7.11 Å². The van der Waals surface area contributed by atoms with Gasteiger partial charge in [0.05, 0.1) is 19.8 Å². The topological polar surface area (TPSA) is 78.3 Å². The van der Waals surface area contributed by atoms with Gasteiger partial charge in [0, 0.05) is 13.0 Å². The minimum absolute atomic E-state index is 0.00252. The first-order valence-electron chi connectivity index (χ1n) is 8.09. The van der Waals surface area contributed by atoms with Gasteiger partial charge in [0.25, 0.3) is 0 Å². The standard InChI is InChI=1S/C17H22N4O3/c1-12(17-20-19-15-7-4-8-21(15)17)18-16(22)11-24-10-13-5-3-6-14(9-13)23-2/h3,5-6,9,12H,4,7-8,10-11H2,1-2H3,(H,18,22)/t12-/m0/s1. The Hall–Kier alpha value is -2.41. The van der Waals surface area contributed by atoms with Crippen molar-refractivity contribution in [3.8, 4) is 5.75 Å². The molecular formula is C17H22N4O3. The predicted octanol–water partition coefficient (Wildman–Crippen LogP) is 1.63. The lowest BCUT2D eigenvalue weighted by Crippen LogP contribution is -2.31. The van der Waals surface area contributed by atoms with E-state index in [2.05, 4.69) is 20.1 Å². The largest absolute Gasteiger partial charge is 0.497 e. The van der Waals surface area contributed by atoms with Crippen LogP contribution < -0.4 is 10.1 Å². The minimum Gasteiger partial charge on any atom is -0.497 e. The monoisotopic (exact) mass is 330 g/mol. The van der Waals surface area contributed by atoms with Crippen molar-refractivity contribution in [2.45, 2.75) is 39.0 Å². The molecule has 0 bridgehead atoms. The number of aryl methyl sites for hydroxylation is 1. The molecule has 1 aliphatic rings. The number of carbonyl (C=O) groups is 1. The molecule has 0 fully saturated rings. The number of ether oxygens (including phenoxy) is 2. The number of nitrogens with zero attached hydrogens (tertiary/aromatic N) is 3. The molecule has 0 saturated carbocycles. The summed E-state index contributed by atoms with van der Waals surface area (Å²) in [5.41, 5.74) is 0.963. The molecule has 128 valence electrons. The zero-order valence-electron chi connectivity index (χ0n) is 14.0. The van der Waals surface area contributed by atoms with Crippen LogP contribution in [0, 0.1) is 0 Å². The van der Waals surface area contributed by atoms with Crippen molar-refractivity contribution in [1.82, 2.24) is 20.1 Å². The average Bonchev–Trinajstić information content (AvgIpc) is 3.18. The molecule has 7 heteroatoms. The van der Waals surface area contributed by atoms with E-state index in [1.165, 1.54) is 0 Å². The third kappa shape index (κ3) is 3.73. The van der Waals surface area contributed by atoms with Gasteiger partial charge in [0.2, 0.25) is 5.91 Å². The lowest BCUT2D eigenvalue weighted by molar-refractivity contribution is -0.126. The maximum atomic E-state index is 12.0. The number of nitrogens with one attached hydrogen (secondary N) is 1. The van der Waals surface area contributed by atoms with Crippen LogP contribution in [0.3, 0.4) is 0 Å². The number of benzene rings is 1. The van der Waals surface area contributed by atoms with Crippen LogP contribution in [0.5, 0.6) is 5.75 Å². The SMILES string of the molecule is COc1cccc(COCC(=O)N[C@@H](C)c2nnc3n2CCC3)c1. The zero-order chi connectivity index (χ0) is 16.9. The number of fused-ring (bicyclic) bond motifs is 1. The van der Waals surface area contributed by atoms with E-state index < -0.39 is 0 Å². The quantitative estimate of drug-likeness (QED) is 0.835. The van der Waals surface area contributed by atoms with Gasteiger partial charge in [-0.25, -0.2) is 0 Å². The molecule has 1 aromatic heterocycles. The molecule has 0 aliphatic carbocycles.